The van der Waals surface area contributed by atoms with Crippen molar-refractivity contribution in [2.24, 2.45) is 5.92 Å². The first-order chi connectivity index (χ1) is 9.56. The van der Waals surface area contributed by atoms with Crippen LogP contribution < -0.4 is 10.6 Å². The number of nitrogens with one attached hydrogen (secondary N) is 2. The number of hydrogen-bond acceptors (Lipinski definition) is 3. The Bertz CT molecular complexity index is 470. The molecule has 6 heteroatoms. The van der Waals surface area contributed by atoms with Crippen LogP contribution in [0, 0.1) is 5.92 Å². The van der Waals surface area contributed by atoms with Crippen LogP contribution in [0.15, 0.2) is 29.2 Å². The van der Waals surface area contributed by atoms with Crippen molar-refractivity contribution in [1.82, 2.24) is 5.32 Å². The van der Waals surface area contributed by atoms with Gasteiger partial charge in [0, 0.05) is 4.90 Å². The number of thioether (sulfide) groups is 1. The molecule has 2 atom stereocenters. The molecule has 110 valence electrons. The van der Waals surface area contributed by atoms with E-state index >= 15 is 0 Å². The SMILES string of the molecule is CC1CCNC(C(=O)Nc2ccccc2SC(F)F)C1. The van der Waals surface area contributed by atoms with E-state index in [4.69, 9.17) is 0 Å². The molecule has 1 heterocycles. The van der Waals surface area contributed by atoms with E-state index in [0.717, 1.165) is 19.4 Å². The van der Waals surface area contributed by atoms with Crippen LogP contribution in [-0.2, 0) is 4.79 Å². The van der Waals surface area contributed by atoms with Crippen molar-refractivity contribution in [2.45, 2.75) is 36.5 Å². The van der Waals surface area contributed by atoms with Crippen LogP contribution in [0.1, 0.15) is 19.8 Å². The second kappa shape index (κ2) is 7.04. The number of hydrogen-bond donors (Lipinski definition) is 2. The zero-order valence-electron chi connectivity index (χ0n) is 11.2. The highest BCUT2D eigenvalue weighted by Gasteiger charge is 2.25. The predicted octanol–water partition coefficient (Wildman–Crippen LogP) is 3.33. The Kier molecular flexibility index (Phi) is 5.37. The van der Waals surface area contributed by atoms with Gasteiger partial charge in [-0.15, -0.1) is 0 Å². The normalized spacial score (nSPS) is 22.8. The highest BCUT2D eigenvalue weighted by atomic mass is 32.2. The van der Waals surface area contributed by atoms with Crippen molar-refractivity contribution in [2.75, 3.05) is 11.9 Å². The molecule has 3 nitrogen and oxygen atoms in total. The van der Waals surface area contributed by atoms with Gasteiger partial charge >= 0.3 is 0 Å². The van der Waals surface area contributed by atoms with Gasteiger partial charge in [-0.2, -0.15) is 8.78 Å². The Hall–Kier alpha value is -1.14. The summed E-state index contributed by atoms with van der Waals surface area (Å²) < 4.78 is 25.0. The first kappa shape index (κ1) is 15.3. The van der Waals surface area contributed by atoms with E-state index in [-0.39, 0.29) is 11.9 Å². The number of carbonyl (C=O) groups is 1. The fourth-order valence-electron chi connectivity index (χ4n) is 2.30. The molecule has 0 radical (unpaired) electrons. The standard InChI is InChI=1S/C14H18F2N2OS/c1-9-6-7-17-11(8-9)13(19)18-10-4-2-3-5-12(10)20-14(15)16/h2-5,9,11,14,17H,6-8H2,1H3,(H,18,19). The van der Waals surface area contributed by atoms with Crippen LogP contribution in [0.3, 0.4) is 0 Å². The molecule has 1 aliphatic heterocycles. The fourth-order valence-corrected chi connectivity index (χ4v) is 2.89. The Labute approximate surface area is 121 Å². The van der Waals surface area contributed by atoms with Gasteiger partial charge in [0.2, 0.25) is 5.91 Å². The first-order valence-corrected chi connectivity index (χ1v) is 7.52. The van der Waals surface area contributed by atoms with E-state index in [9.17, 15) is 13.6 Å². The molecule has 1 aromatic carbocycles. The molecule has 1 saturated heterocycles. The molecule has 1 aliphatic rings. The molecule has 0 aliphatic carbocycles. The van der Waals surface area contributed by atoms with Gasteiger partial charge < -0.3 is 10.6 Å². The number of amides is 1. The molecule has 2 N–H and O–H groups in total. The molecule has 0 bridgehead atoms. The highest BCUT2D eigenvalue weighted by Crippen LogP contribution is 2.31. The van der Waals surface area contributed by atoms with Crippen LogP contribution in [0.2, 0.25) is 0 Å². The summed E-state index contributed by atoms with van der Waals surface area (Å²) in [7, 11) is 0. The molecule has 0 spiro atoms. The predicted molar refractivity (Wildman–Crippen MR) is 77.1 cm³/mol. The van der Waals surface area contributed by atoms with Crippen molar-refractivity contribution < 1.29 is 13.6 Å². The van der Waals surface area contributed by atoms with Crippen LogP contribution in [0.4, 0.5) is 14.5 Å². The summed E-state index contributed by atoms with van der Waals surface area (Å²) >= 11 is 0.446. The van der Waals surface area contributed by atoms with Gasteiger partial charge in [0.15, 0.2) is 0 Å². The molecular formula is C14H18F2N2OS. The minimum absolute atomic E-state index is 0.154. The van der Waals surface area contributed by atoms with E-state index in [1.807, 2.05) is 0 Å². The van der Waals surface area contributed by atoms with Crippen LogP contribution in [-0.4, -0.2) is 24.3 Å². The molecule has 20 heavy (non-hydrogen) atoms. The van der Waals surface area contributed by atoms with E-state index in [2.05, 4.69) is 17.6 Å². The van der Waals surface area contributed by atoms with Gasteiger partial charge in [0.05, 0.1) is 11.7 Å². The quantitative estimate of drug-likeness (QED) is 0.838. The second-order valence-electron chi connectivity index (χ2n) is 5.00. The maximum Gasteiger partial charge on any atom is 0.288 e. The molecule has 1 fully saturated rings. The molecule has 2 rings (SSSR count). The van der Waals surface area contributed by atoms with Crippen LogP contribution in [0.25, 0.3) is 0 Å². The summed E-state index contributed by atoms with van der Waals surface area (Å²) in [4.78, 5) is 12.6. The smallest absolute Gasteiger partial charge is 0.288 e. The fraction of sp³-hybridized carbons (Fsp3) is 0.500. The van der Waals surface area contributed by atoms with Gasteiger partial charge in [-0.1, -0.05) is 30.8 Å². The third-order valence-electron chi connectivity index (χ3n) is 3.34. The molecule has 0 aromatic heterocycles. The lowest BCUT2D eigenvalue weighted by molar-refractivity contribution is -0.119. The average Bonchev–Trinajstić information content (AvgIpc) is 2.40. The van der Waals surface area contributed by atoms with Crippen molar-refractivity contribution in [3.8, 4) is 0 Å². The third-order valence-corrected chi connectivity index (χ3v) is 4.13. The minimum Gasteiger partial charge on any atom is -0.324 e. The van der Waals surface area contributed by atoms with Gasteiger partial charge in [-0.05, 0) is 37.4 Å². The minimum atomic E-state index is -2.50. The van der Waals surface area contributed by atoms with Crippen LogP contribution >= 0.6 is 11.8 Å². The second-order valence-corrected chi connectivity index (χ2v) is 6.03. The maximum absolute atomic E-state index is 12.5. The van der Waals surface area contributed by atoms with E-state index in [0.29, 0.717) is 28.3 Å². The molecule has 2 unspecified atom stereocenters. The Morgan fingerprint density at radius 1 is 1.45 bits per heavy atom. The lowest BCUT2D eigenvalue weighted by Gasteiger charge is -2.27. The highest BCUT2D eigenvalue weighted by molar-refractivity contribution is 7.99. The molecular weight excluding hydrogens is 282 g/mol. The number of rotatable bonds is 4. The third kappa shape index (κ3) is 4.18. The number of carbonyl (C=O) groups excluding carboxylic acids is 1. The average molecular weight is 300 g/mol. The van der Waals surface area contributed by atoms with Gasteiger partial charge in [-0.25, -0.2) is 0 Å². The lowest BCUT2D eigenvalue weighted by Crippen LogP contribution is -2.45. The summed E-state index contributed by atoms with van der Waals surface area (Å²) in [5.74, 6) is -2.16. The summed E-state index contributed by atoms with van der Waals surface area (Å²) in [6.07, 6.45) is 1.83. The van der Waals surface area contributed by atoms with E-state index in [1.54, 1.807) is 24.3 Å². The summed E-state index contributed by atoms with van der Waals surface area (Å²) in [5.41, 5.74) is 0.447. The molecule has 1 aromatic rings. The van der Waals surface area contributed by atoms with Gasteiger partial charge in [0.25, 0.3) is 5.76 Å². The van der Waals surface area contributed by atoms with Crippen molar-refractivity contribution in [1.29, 1.82) is 0 Å². The number of alkyl halides is 2. The van der Waals surface area contributed by atoms with Crippen molar-refractivity contribution >= 4 is 23.4 Å². The number of benzene rings is 1. The van der Waals surface area contributed by atoms with Crippen molar-refractivity contribution in [3.05, 3.63) is 24.3 Å². The summed E-state index contributed by atoms with van der Waals surface area (Å²) in [5, 5.41) is 5.91. The monoisotopic (exact) mass is 300 g/mol. The van der Waals surface area contributed by atoms with Crippen molar-refractivity contribution in [3.63, 3.8) is 0 Å². The number of anilines is 1. The van der Waals surface area contributed by atoms with Gasteiger partial charge in [0.1, 0.15) is 0 Å². The topological polar surface area (TPSA) is 41.1 Å². The zero-order chi connectivity index (χ0) is 14.5. The Balaban J connectivity index is 2.03. The number of halogens is 2. The zero-order valence-corrected chi connectivity index (χ0v) is 12.1. The largest absolute Gasteiger partial charge is 0.324 e. The summed E-state index contributed by atoms with van der Waals surface area (Å²) in [6, 6.07) is 6.39. The lowest BCUT2D eigenvalue weighted by atomic mass is 9.94. The molecule has 0 saturated carbocycles. The number of piperidine rings is 1. The Morgan fingerprint density at radius 2 is 2.20 bits per heavy atom. The summed E-state index contributed by atoms with van der Waals surface area (Å²) in [6.45, 7) is 2.92. The first-order valence-electron chi connectivity index (χ1n) is 6.64. The van der Waals surface area contributed by atoms with E-state index in [1.165, 1.54) is 0 Å². The van der Waals surface area contributed by atoms with Crippen LogP contribution in [0.5, 0.6) is 0 Å². The van der Waals surface area contributed by atoms with Gasteiger partial charge in [-0.3, -0.25) is 4.79 Å². The maximum atomic E-state index is 12.5. The van der Waals surface area contributed by atoms with E-state index < -0.39 is 5.76 Å². The molecule has 1 amide bonds. The number of para-hydroxylation sites is 1. The Morgan fingerprint density at radius 3 is 2.90 bits per heavy atom.